The molecular weight excluding hydrogens is 154 g/mol. The van der Waals surface area contributed by atoms with E-state index in [0.717, 1.165) is 39.3 Å². The second kappa shape index (κ2) is 4.21. The number of ether oxygens (including phenoxy) is 1. The Kier molecular flexibility index (Phi) is 3.50. The number of rotatable bonds is 3. The molecule has 3 heteroatoms. The highest BCUT2D eigenvalue weighted by atomic mass is 16.5. The maximum Gasteiger partial charge on any atom is 0.0603 e. The fourth-order valence-corrected chi connectivity index (χ4v) is 1.26. The molecule has 0 radical (unpaired) electrons. The first kappa shape index (κ1) is 9.96. The highest BCUT2D eigenvalue weighted by Crippen LogP contribution is 2.09. The summed E-state index contributed by atoms with van der Waals surface area (Å²) >= 11 is 0. The Hall–Kier alpha value is -0.120. The Morgan fingerprint density at radius 2 is 1.92 bits per heavy atom. The highest BCUT2D eigenvalue weighted by molar-refractivity contribution is 4.70. The molecule has 12 heavy (non-hydrogen) atoms. The molecular formula is C9H19NO2. The molecule has 0 aromatic heterocycles. The van der Waals surface area contributed by atoms with Crippen molar-refractivity contribution in [3.05, 3.63) is 0 Å². The summed E-state index contributed by atoms with van der Waals surface area (Å²) in [5.74, 6) is 0. The Morgan fingerprint density at radius 3 is 2.42 bits per heavy atom. The summed E-state index contributed by atoms with van der Waals surface area (Å²) in [6.45, 7) is 8.39. The summed E-state index contributed by atoms with van der Waals surface area (Å²) in [6, 6.07) is 0. The molecule has 1 heterocycles. The van der Waals surface area contributed by atoms with Gasteiger partial charge >= 0.3 is 0 Å². The van der Waals surface area contributed by atoms with Gasteiger partial charge in [0.15, 0.2) is 0 Å². The van der Waals surface area contributed by atoms with Crippen molar-refractivity contribution < 1.29 is 9.84 Å². The third-order valence-corrected chi connectivity index (χ3v) is 2.14. The number of hydrogen-bond acceptors (Lipinski definition) is 3. The lowest BCUT2D eigenvalue weighted by atomic mass is 10.1. The normalized spacial score (nSPS) is 21.2. The van der Waals surface area contributed by atoms with E-state index < -0.39 is 5.60 Å². The maximum absolute atomic E-state index is 9.49. The molecule has 72 valence electrons. The van der Waals surface area contributed by atoms with Gasteiger partial charge in [0.25, 0.3) is 0 Å². The molecule has 1 fully saturated rings. The lowest BCUT2D eigenvalue weighted by Gasteiger charge is -2.29. The first-order valence-corrected chi connectivity index (χ1v) is 4.60. The van der Waals surface area contributed by atoms with Crippen molar-refractivity contribution in [3.63, 3.8) is 0 Å². The predicted molar refractivity (Wildman–Crippen MR) is 48.2 cm³/mol. The molecule has 0 amide bonds. The number of aliphatic hydroxyl groups is 1. The van der Waals surface area contributed by atoms with Crippen LogP contribution in [-0.2, 0) is 4.74 Å². The Morgan fingerprint density at radius 1 is 1.33 bits per heavy atom. The first-order valence-electron chi connectivity index (χ1n) is 4.60. The van der Waals surface area contributed by atoms with Gasteiger partial charge in [-0.15, -0.1) is 0 Å². The molecule has 0 unspecified atom stereocenters. The van der Waals surface area contributed by atoms with Crippen LogP contribution >= 0.6 is 0 Å². The van der Waals surface area contributed by atoms with E-state index in [1.54, 1.807) is 0 Å². The molecule has 0 atom stereocenters. The van der Waals surface area contributed by atoms with E-state index in [2.05, 4.69) is 4.90 Å². The minimum absolute atomic E-state index is 0.529. The van der Waals surface area contributed by atoms with Crippen LogP contribution in [0.2, 0.25) is 0 Å². The number of nitrogens with zero attached hydrogens (tertiary/aromatic N) is 1. The van der Waals surface area contributed by atoms with Gasteiger partial charge in [-0.1, -0.05) is 0 Å². The summed E-state index contributed by atoms with van der Waals surface area (Å²) in [5.41, 5.74) is -0.529. The average molecular weight is 173 g/mol. The van der Waals surface area contributed by atoms with Crippen molar-refractivity contribution >= 4 is 0 Å². The van der Waals surface area contributed by atoms with Gasteiger partial charge in [0.05, 0.1) is 18.8 Å². The second-order valence-corrected chi connectivity index (χ2v) is 4.02. The third-order valence-electron chi connectivity index (χ3n) is 2.14. The second-order valence-electron chi connectivity index (χ2n) is 4.02. The molecule has 0 bridgehead atoms. The lowest BCUT2D eigenvalue weighted by molar-refractivity contribution is 0.0147. The highest BCUT2D eigenvalue weighted by Gasteiger charge is 2.16. The summed E-state index contributed by atoms with van der Waals surface area (Å²) in [6.07, 6.45) is 0.840. The molecule has 1 rings (SSSR count). The molecule has 3 nitrogen and oxygen atoms in total. The topological polar surface area (TPSA) is 32.7 Å². The van der Waals surface area contributed by atoms with Crippen LogP contribution in [0, 0.1) is 0 Å². The number of morpholine rings is 1. The van der Waals surface area contributed by atoms with Crippen molar-refractivity contribution in [2.45, 2.75) is 25.9 Å². The minimum Gasteiger partial charge on any atom is -0.390 e. The van der Waals surface area contributed by atoms with E-state index in [-0.39, 0.29) is 0 Å². The molecule has 1 aliphatic heterocycles. The fourth-order valence-electron chi connectivity index (χ4n) is 1.26. The van der Waals surface area contributed by atoms with E-state index in [9.17, 15) is 5.11 Å². The van der Waals surface area contributed by atoms with Crippen molar-refractivity contribution in [3.8, 4) is 0 Å². The molecule has 0 aromatic carbocycles. The summed E-state index contributed by atoms with van der Waals surface area (Å²) in [4.78, 5) is 2.33. The first-order chi connectivity index (χ1) is 5.58. The zero-order chi connectivity index (χ0) is 9.03. The monoisotopic (exact) mass is 173 g/mol. The molecule has 0 saturated carbocycles. The van der Waals surface area contributed by atoms with E-state index in [1.807, 2.05) is 13.8 Å². The van der Waals surface area contributed by atoms with Crippen LogP contribution in [0.15, 0.2) is 0 Å². The van der Waals surface area contributed by atoms with E-state index in [0.29, 0.717) is 0 Å². The van der Waals surface area contributed by atoms with Crippen LogP contribution in [-0.4, -0.2) is 48.5 Å². The molecule has 1 aliphatic rings. The molecule has 1 saturated heterocycles. The summed E-state index contributed by atoms with van der Waals surface area (Å²) in [7, 11) is 0. The van der Waals surface area contributed by atoms with Gasteiger partial charge in [0.1, 0.15) is 0 Å². The van der Waals surface area contributed by atoms with Gasteiger partial charge in [0.2, 0.25) is 0 Å². The van der Waals surface area contributed by atoms with E-state index in [4.69, 9.17) is 4.74 Å². The molecule has 0 aliphatic carbocycles. The van der Waals surface area contributed by atoms with Crippen LogP contribution in [0.3, 0.4) is 0 Å². The smallest absolute Gasteiger partial charge is 0.0603 e. The largest absolute Gasteiger partial charge is 0.390 e. The van der Waals surface area contributed by atoms with Crippen molar-refractivity contribution in [2.24, 2.45) is 0 Å². The van der Waals surface area contributed by atoms with Gasteiger partial charge < -0.3 is 9.84 Å². The lowest BCUT2D eigenvalue weighted by Crippen LogP contribution is -2.39. The van der Waals surface area contributed by atoms with Crippen LogP contribution < -0.4 is 0 Å². The maximum atomic E-state index is 9.49. The minimum atomic E-state index is -0.529. The Labute approximate surface area is 74.3 Å². The van der Waals surface area contributed by atoms with Crippen molar-refractivity contribution in [1.29, 1.82) is 0 Å². The molecule has 0 aromatic rings. The third kappa shape index (κ3) is 4.04. The zero-order valence-corrected chi connectivity index (χ0v) is 8.05. The van der Waals surface area contributed by atoms with Gasteiger partial charge in [-0.2, -0.15) is 0 Å². The van der Waals surface area contributed by atoms with Crippen LogP contribution in [0.4, 0.5) is 0 Å². The standard InChI is InChI=1S/C9H19NO2/c1-9(2,11)3-4-10-5-7-12-8-6-10/h11H,3-8H2,1-2H3. The van der Waals surface area contributed by atoms with Crippen LogP contribution in [0.1, 0.15) is 20.3 Å². The molecule has 1 N–H and O–H groups in total. The van der Waals surface area contributed by atoms with Crippen LogP contribution in [0.5, 0.6) is 0 Å². The number of hydrogen-bond donors (Lipinski definition) is 1. The van der Waals surface area contributed by atoms with Gasteiger partial charge in [-0.25, -0.2) is 0 Å². The SMILES string of the molecule is CC(C)(O)CCN1CCOCC1. The Bertz CT molecular complexity index is 125. The average Bonchev–Trinajstić information content (AvgIpc) is 2.02. The summed E-state index contributed by atoms with van der Waals surface area (Å²) in [5, 5.41) is 9.49. The zero-order valence-electron chi connectivity index (χ0n) is 8.05. The summed E-state index contributed by atoms with van der Waals surface area (Å²) < 4.78 is 5.23. The van der Waals surface area contributed by atoms with Crippen molar-refractivity contribution in [2.75, 3.05) is 32.8 Å². The van der Waals surface area contributed by atoms with Gasteiger partial charge in [-0.05, 0) is 20.3 Å². The van der Waals surface area contributed by atoms with E-state index in [1.165, 1.54) is 0 Å². The van der Waals surface area contributed by atoms with Gasteiger partial charge in [-0.3, -0.25) is 4.90 Å². The quantitative estimate of drug-likeness (QED) is 0.674. The Balaban J connectivity index is 2.13. The fraction of sp³-hybridized carbons (Fsp3) is 1.00. The van der Waals surface area contributed by atoms with Gasteiger partial charge in [0, 0.05) is 19.6 Å². The predicted octanol–water partition coefficient (Wildman–Crippen LogP) is 0.480. The molecule has 0 spiro atoms. The van der Waals surface area contributed by atoms with Crippen molar-refractivity contribution in [1.82, 2.24) is 4.90 Å². The van der Waals surface area contributed by atoms with E-state index >= 15 is 0 Å². The van der Waals surface area contributed by atoms with Crippen LogP contribution in [0.25, 0.3) is 0 Å².